The summed E-state index contributed by atoms with van der Waals surface area (Å²) in [6, 6.07) is 3.38. The average Bonchev–Trinajstić information content (AvgIpc) is 2.06. The van der Waals surface area contributed by atoms with Crippen LogP contribution in [0, 0.1) is 0 Å². The third kappa shape index (κ3) is 1.74. The molecule has 60 valence electrons. The Morgan fingerprint density at radius 2 is 2.36 bits per heavy atom. The maximum Gasteiger partial charge on any atom is 0.153 e. The molecule has 0 aliphatic rings. The highest BCUT2D eigenvalue weighted by Gasteiger charge is 2.20. The molecule has 1 aromatic rings. The fraction of sp³-hybridized carbons (Fsp3) is 0.286. The van der Waals surface area contributed by atoms with E-state index < -0.39 is 5.72 Å². The summed E-state index contributed by atoms with van der Waals surface area (Å²) in [5, 5.41) is 9.41. The predicted molar refractivity (Wildman–Crippen MR) is 41.4 cm³/mol. The molecule has 4 nitrogen and oxygen atoms in total. The van der Waals surface area contributed by atoms with Crippen LogP contribution in [0.2, 0.25) is 0 Å². The van der Waals surface area contributed by atoms with Crippen molar-refractivity contribution in [2.24, 2.45) is 11.5 Å². The number of aromatic nitrogens is 1. The third-order valence-electron chi connectivity index (χ3n) is 1.47. The zero-order valence-electron chi connectivity index (χ0n) is 6.07. The number of nitrogens with zero attached hydrogens (tertiary/aromatic N) is 1. The van der Waals surface area contributed by atoms with Gasteiger partial charge in [0.05, 0.1) is 0 Å². The van der Waals surface area contributed by atoms with Gasteiger partial charge in [-0.15, -0.1) is 0 Å². The van der Waals surface area contributed by atoms with Crippen LogP contribution < -0.4 is 11.5 Å². The molecule has 0 saturated carbocycles. The summed E-state index contributed by atoms with van der Waals surface area (Å²) >= 11 is 0. The molecule has 0 saturated heterocycles. The molecule has 1 unspecified atom stereocenters. The average molecular weight is 153 g/mol. The van der Waals surface area contributed by atoms with E-state index in [4.69, 9.17) is 11.5 Å². The van der Waals surface area contributed by atoms with Crippen LogP contribution >= 0.6 is 0 Å². The fourth-order valence-electron chi connectivity index (χ4n) is 0.737. The molecule has 0 aliphatic heterocycles. The summed E-state index contributed by atoms with van der Waals surface area (Å²) in [7, 11) is 0. The molecule has 0 aromatic carbocycles. The molecule has 1 heterocycles. The number of hydrogen-bond acceptors (Lipinski definition) is 4. The van der Waals surface area contributed by atoms with E-state index in [1.807, 2.05) is 0 Å². The van der Waals surface area contributed by atoms with Crippen molar-refractivity contribution >= 4 is 0 Å². The van der Waals surface area contributed by atoms with Crippen molar-refractivity contribution in [2.45, 2.75) is 5.72 Å². The molecule has 0 radical (unpaired) electrons. The predicted octanol–water partition coefficient (Wildman–Crippen LogP) is -0.856. The van der Waals surface area contributed by atoms with Gasteiger partial charge >= 0.3 is 0 Å². The van der Waals surface area contributed by atoms with Gasteiger partial charge in [-0.2, -0.15) is 0 Å². The van der Waals surface area contributed by atoms with Gasteiger partial charge in [0.15, 0.2) is 5.72 Å². The van der Waals surface area contributed by atoms with Gasteiger partial charge in [0, 0.05) is 24.5 Å². The Hall–Kier alpha value is -0.970. The minimum absolute atomic E-state index is 0.0152. The number of hydrogen-bond donors (Lipinski definition) is 3. The molecule has 0 fully saturated rings. The van der Waals surface area contributed by atoms with Gasteiger partial charge in [-0.1, -0.05) is 6.07 Å². The molecule has 11 heavy (non-hydrogen) atoms. The molecular weight excluding hydrogens is 142 g/mol. The van der Waals surface area contributed by atoms with Crippen LogP contribution in [0.3, 0.4) is 0 Å². The first-order valence-electron chi connectivity index (χ1n) is 3.28. The minimum Gasteiger partial charge on any atom is -0.370 e. The number of pyridine rings is 1. The van der Waals surface area contributed by atoms with E-state index in [-0.39, 0.29) is 6.54 Å². The van der Waals surface area contributed by atoms with Crippen LogP contribution in [0.1, 0.15) is 5.56 Å². The SMILES string of the molecule is NCC(N)(O)c1cccnc1. The normalized spacial score (nSPS) is 15.9. The van der Waals surface area contributed by atoms with Gasteiger partial charge < -0.3 is 10.8 Å². The summed E-state index contributed by atoms with van der Waals surface area (Å²) in [4.78, 5) is 3.80. The first-order valence-corrected chi connectivity index (χ1v) is 3.28. The smallest absolute Gasteiger partial charge is 0.153 e. The second-order valence-electron chi connectivity index (χ2n) is 2.37. The zero-order chi connectivity index (χ0) is 8.32. The van der Waals surface area contributed by atoms with Gasteiger partial charge in [0.25, 0.3) is 0 Å². The molecule has 1 atom stereocenters. The van der Waals surface area contributed by atoms with E-state index in [9.17, 15) is 5.11 Å². The first-order chi connectivity index (χ1) is 5.17. The third-order valence-corrected chi connectivity index (χ3v) is 1.47. The summed E-state index contributed by atoms with van der Waals surface area (Å²) in [5.74, 6) is 0. The molecule has 4 heteroatoms. The lowest BCUT2D eigenvalue weighted by atomic mass is 10.1. The van der Waals surface area contributed by atoms with Crippen molar-refractivity contribution in [3.05, 3.63) is 30.1 Å². The molecular formula is C7H11N3O. The van der Waals surface area contributed by atoms with Gasteiger partial charge in [-0.05, 0) is 6.07 Å². The Labute approximate surface area is 64.9 Å². The second kappa shape index (κ2) is 2.96. The van der Waals surface area contributed by atoms with Gasteiger partial charge in [-0.25, -0.2) is 0 Å². The summed E-state index contributed by atoms with van der Waals surface area (Å²) < 4.78 is 0. The lowest BCUT2D eigenvalue weighted by Crippen LogP contribution is -2.43. The molecule has 0 amide bonds. The molecule has 0 bridgehead atoms. The van der Waals surface area contributed by atoms with Crippen molar-refractivity contribution in [3.8, 4) is 0 Å². The van der Waals surface area contributed by atoms with E-state index in [1.165, 1.54) is 6.20 Å². The van der Waals surface area contributed by atoms with E-state index in [0.717, 1.165) is 0 Å². The molecule has 1 aromatic heterocycles. The Morgan fingerprint density at radius 1 is 1.64 bits per heavy atom. The van der Waals surface area contributed by atoms with Gasteiger partial charge in [0.1, 0.15) is 0 Å². The van der Waals surface area contributed by atoms with Crippen molar-refractivity contribution in [1.29, 1.82) is 0 Å². The lowest BCUT2D eigenvalue weighted by molar-refractivity contribution is 0.0528. The van der Waals surface area contributed by atoms with Gasteiger partial charge in [0.2, 0.25) is 0 Å². The molecule has 1 rings (SSSR count). The summed E-state index contributed by atoms with van der Waals surface area (Å²) in [6.45, 7) is -0.0152. The lowest BCUT2D eigenvalue weighted by Gasteiger charge is -2.20. The standard InChI is InChI=1S/C7H11N3O/c8-5-7(9,11)6-2-1-3-10-4-6/h1-4,11H,5,8-9H2. The van der Waals surface area contributed by atoms with E-state index in [1.54, 1.807) is 18.3 Å². The largest absolute Gasteiger partial charge is 0.370 e. The highest BCUT2D eigenvalue weighted by molar-refractivity contribution is 5.16. The van der Waals surface area contributed by atoms with E-state index in [0.29, 0.717) is 5.56 Å². The van der Waals surface area contributed by atoms with Crippen LogP contribution in [0.15, 0.2) is 24.5 Å². The summed E-state index contributed by atoms with van der Waals surface area (Å²) in [6.07, 6.45) is 3.10. The Balaban J connectivity index is 2.93. The number of rotatable bonds is 2. The monoisotopic (exact) mass is 153 g/mol. The van der Waals surface area contributed by atoms with Crippen LogP contribution in [0.4, 0.5) is 0 Å². The Kier molecular flexibility index (Phi) is 2.19. The van der Waals surface area contributed by atoms with Crippen molar-refractivity contribution < 1.29 is 5.11 Å². The molecule has 0 aliphatic carbocycles. The minimum atomic E-state index is -1.45. The van der Waals surface area contributed by atoms with Gasteiger partial charge in [-0.3, -0.25) is 10.7 Å². The van der Waals surface area contributed by atoms with E-state index >= 15 is 0 Å². The maximum atomic E-state index is 9.41. The Morgan fingerprint density at radius 3 is 2.82 bits per heavy atom. The fourth-order valence-corrected chi connectivity index (χ4v) is 0.737. The second-order valence-corrected chi connectivity index (χ2v) is 2.37. The van der Waals surface area contributed by atoms with Crippen LogP contribution in [0.5, 0.6) is 0 Å². The van der Waals surface area contributed by atoms with E-state index in [2.05, 4.69) is 4.98 Å². The highest BCUT2D eigenvalue weighted by atomic mass is 16.3. The number of aliphatic hydroxyl groups is 1. The van der Waals surface area contributed by atoms with Crippen molar-refractivity contribution in [3.63, 3.8) is 0 Å². The highest BCUT2D eigenvalue weighted by Crippen LogP contribution is 2.10. The Bertz CT molecular complexity index is 222. The number of nitrogens with two attached hydrogens (primary N) is 2. The first kappa shape index (κ1) is 8.13. The maximum absolute atomic E-state index is 9.41. The zero-order valence-corrected chi connectivity index (χ0v) is 6.07. The van der Waals surface area contributed by atoms with Crippen LogP contribution in [-0.2, 0) is 5.72 Å². The molecule has 0 spiro atoms. The van der Waals surface area contributed by atoms with Crippen molar-refractivity contribution in [2.75, 3.05) is 6.54 Å². The van der Waals surface area contributed by atoms with Crippen molar-refractivity contribution in [1.82, 2.24) is 4.98 Å². The quantitative estimate of drug-likeness (QED) is 0.483. The topological polar surface area (TPSA) is 85.2 Å². The molecule has 5 N–H and O–H groups in total. The summed E-state index contributed by atoms with van der Waals surface area (Å²) in [5.41, 5.74) is 9.74. The van der Waals surface area contributed by atoms with Crippen LogP contribution in [0.25, 0.3) is 0 Å². The van der Waals surface area contributed by atoms with Crippen LogP contribution in [-0.4, -0.2) is 16.6 Å².